The van der Waals surface area contributed by atoms with Crippen molar-refractivity contribution >= 4 is 48.1 Å². The highest BCUT2D eigenvalue weighted by Gasteiger charge is 2.15. The molecule has 0 unspecified atom stereocenters. The van der Waals surface area contributed by atoms with Gasteiger partial charge in [-0.05, 0) is 29.7 Å². The summed E-state index contributed by atoms with van der Waals surface area (Å²) >= 11 is 1.45. The van der Waals surface area contributed by atoms with E-state index in [4.69, 9.17) is 0 Å². The molecule has 5 nitrogen and oxygen atoms in total. The summed E-state index contributed by atoms with van der Waals surface area (Å²) in [7, 11) is -1.50. The highest BCUT2D eigenvalue weighted by molar-refractivity contribution is 7.91. The van der Waals surface area contributed by atoms with Crippen molar-refractivity contribution < 1.29 is 13.2 Å². The monoisotopic (exact) mass is 410 g/mol. The highest BCUT2D eigenvalue weighted by Crippen LogP contribution is 2.27. The van der Waals surface area contributed by atoms with Crippen LogP contribution in [0.5, 0.6) is 0 Å². The molecule has 0 aliphatic rings. The van der Waals surface area contributed by atoms with Gasteiger partial charge in [0.1, 0.15) is 0 Å². The van der Waals surface area contributed by atoms with Crippen molar-refractivity contribution in [2.45, 2.75) is 11.8 Å². The zero-order valence-electron chi connectivity index (χ0n) is 15.4. The molecule has 1 amide bonds. The Balaban J connectivity index is 1.84. The van der Waals surface area contributed by atoms with E-state index in [0.717, 1.165) is 21.0 Å². The van der Waals surface area contributed by atoms with E-state index < -0.39 is 15.7 Å². The number of rotatable bonds is 3. The fourth-order valence-corrected chi connectivity index (χ4v) is 5.18. The van der Waals surface area contributed by atoms with Crippen LogP contribution in [0.25, 0.3) is 21.0 Å². The van der Waals surface area contributed by atoms with Crippen molar-refractivity contribution in [2.24, 2.45) is 12.0 Å². The summed E-state index contributed by atoms with van der Waals surface area (Å²) in [5.74, 6) is -0.472. The molecule has 0 N–H and O–H groups in total. The summed E-state index contributed by atoms with van der Waals surface area (Å²) < 4.78 is 27.1. The first-order valence-corrected chi connectivity index (χ1v) is 11.3. The summed E-state index contributed by atoms with van der Waals surface area (Å²) in [5.41, 5.74) is 1.26. The summed E-state index contributed by atoms with van der Waals surface area (Å²) in [6.45, 7) is 1.58. The van der Waals surface area contributed by atoms with Gasteiger partial charge in [-0.15, -0.1) is 0 Å². The van der Waals surface area contributed by atoms with Gasteiger partial charge in [0, 0.05) is 18.0 Å². The van der Waals surface area contributed by atoms with Gasteiger partial charge in [-0.1, -0.05) is 54.7 Å². The SMILES string of the molecule is CCS(=O)(=O)c1cccc(C(=O)N=c2sc3c4ccccc4ccc3n2C)c1. The molecule has 4 aromatic rings. The number of hydrogen-bond acceptors (Lipinski definition) is 4. The first kappa shape index (κ1) is 18.6. The fourth-order valence-electron chi connectivity index (χ4n) is 3.10. The lowest BCUT2D eigenvalue weighted by molar-refractivity contribution is 0.0997. The second-order valence-corrected chi connectivity index (χ2v) is 9.68. The fraction of sp³-hybridized carbons (Fsp3) is 0.143. The van der Waals surface area contributed by atoms with Crippen LogP contribution in [0.3, 0.4) is 0 Å². The van der Waals surface area contributed by atoms with E-state index in [9.17, 15) is 13.2 Å². The molecular formula is C21H18N2O3S2. The average molecular weight is 411 g/mol. The van der Waals surface area contributed by atoms with Gasteiger partial charge in [-0.2, -0.15) is 4.99 Å². The van der Waals surface area contributed by atoms with Crippen molar-refractivity contribution in [2.75, 3.05) is 5.75 Å². The number of fused-ring (bicyclic) bond motifs is 3. The number of nitrogens with zero attached hydrogens (tertiary/aromatic N) is 2. The van der Waals surface area contributed by atoms with Crippen LogP contribution >= 0.6 is 11.3 Å². The molecule has 4 rings (SSSR count). The van der Waals surface area contributed by atoms with Gasteiger partial charge in [0.15, 0.2) is 14.6 Å². The first-order chi connectivity index (χ1) is 13.4. The molecule has 142 valence electrons. The summed E-state index contributed by atoms with van der Waals surface area (Å²) in [6.07, 6.45) is 0. The molecule has 0 radical (unpaired) electrons. The molecule has 1 aromatic heterocycles. The molecule has 28 heavy (non-hydrogen) atoms. The van der Waals surface area contributed by atoms with Crippen LogP contribution in [0.15, 0.2) is 70.6 Å². The molecule has 3 aromatic carbocycles. The quantitative estimate of drug-likeness (QED) is 0.514. The number of carbonyl (C=O) groups is 1. The van der Waals surface area contributed by atoms with Crippen LogP contribution in [0.2, 0.25) is 0 Å². The number of carbonyl (C=O) groups excluding carboxylic acids is 1. The Labute approximate surface area is 166 Å². The summed E-state index contributed by atoms with van der Waals surface area (Å²) in [4.78, 5) is 17.7. The maximum atomic E-state index is 12.7. The van der Waals surface area contributed by atoms with Crippen LogP contribution < -0.4 is 4.80 Å². The summed E-state index contributed by atoms with van der Waals surface area (Å²) in [5, 5.41) is 2.25. The number of hydrogen-bond donors (Lipinski definition) is 0. The van der Waals surface area contributed by atoms with Crippen LogP contribution in [-0.4, -0.2) is 24.6 Å². The minimum Gasteiger partial charge on any atom is -0.319 e. The maximum absolute atomic E-state index is 12.7. The number of benzene rings is 3. The van der Waals surface area contributed by atoms with Gasteiger partial charge in [0.25, 0.3) is 5.91 Å². The van der Waals surface area contributed by atoms with Crippen LogP contribution in [0, 0.1) is 0 Å². The average Bonchev–Trinajstić information content (AvgIpc) is 3.04. The van der Waals surface area contributed by atoms with Gasteiger partial charge in [-0.3, -0.25) is 4.79 Å². The Bertz CT molecular complexity index is 1400. The van der Waals surface area contributed by atoms with Gasteiger partial charge < -0.3 is 4.57 Å². The van der Waals surface area contributed by atoms with Crippen LogP contribution in [-0.2, 0) is 16.9 Å². The zero-order valence-corrected chi connectivity index (χ0v) is 17.0. The van der Waals surface area contributed by atoms with E-state index in [-0.39, 0.29) is 16.2 Å². The predicted molar refractivity (Wildman–Crippen MR) is 112 cm³/mol. The maximum Gasteiger partial charge on any atom is 0.279 e. The van der Waals surface area contributed by atoms with Crippen molar-refractivity contribution in [3.05, 3.63) is 71.0 Å². The predicted octanol–water partition coefficient (Wildman–Crippen LogP) is 3.93. The lowest BCUT2D eigenvalue weighted by Crippen LogP contribution is -2.13. The van der Waals surface area contributed by atoms with Crippen molar-refractivity contribution in [1.82, 2.24) is 4.57 Å². The third-order valence-electron chi connectivity index (χ3n) is 4.72. The Morgan fingerprint density at radius 1 is 1.07 bits per heavy atom. The molecule has 0 aliphatic heterocycles. The van der Waals surface area contributed by atoms with E-state index in [1.165, 1.54) is 23.5 Å². The Hall–Kier alpha value is -2.77. The largest absolute Gasteiger partial charge is 0.319 e. The van der Waals surface area contributed by atoms with Gasteiger partial charge in [0.2, 0.25) is 0 Å². The minimum atomic E-state index is -3.38. The molecule has 7 heteroatoms. The van der Waals surface area contributed by atoms with E-state index in [0.29, 0.717) is 4.80 Å². The van der Waals surface area contributed by atoms with Crippen LogP contribution in [0.4, 0.5) is 0 Å². The first-order valence-electron chi connectivity index (χ1n) is 8.80. The van der Waals surface area contributed by atoms with E-state index in [2.05, 4.69) is 23.2 Å². The number of aromatic nitrogens is 1. The highest BCUT2D eigenvalue weighted by atomic mass is 32.2. The zero-order chi connectivity index (χ0) is 19.9. The Kier molecular flexibility index (Phi) is 4.64. The van der Waals surface area contributed by atoms with Crippen molar-refractivity contribution in [3.63, 3.8) is 0 Å². The molecule has 0 bridgehead atoms. The number of aryl methyl sites for hydroxylation is 1. The lowest BCUT2D eigenvalue weighted by atomic mass is 10.1. The second kappa shape index (κ2) is 7.00. The molecule has 0 spiro atoms. The lowest BCUT2D eigenvalue weighted by Gasteiger charge is -2.02. The molecule has 1 heterocycles. The Morgan fingerprint density at radius 3 is 2.64 bits per heavy atom. The topological polar surface area (TPSA) is 68.5 Å². The van der Waals surface area contributed by atoms with Gasteiger partial charge >= 0.3 is 0 Å². The number of sulfone groups is 1. The van der Waals surface area contributed by atoms with Crippen LogP contribution in [0.1, 0.15) is 17.3 Å². The standard InChI is InChI=1S/C21H18N2O3S2/c1-3-28(25,26)16-9-6-8-15(13-16)20(24)22-21-23(2)18-12-11-14-7-4-5-10-17(14)19(18)27-21/h4-13H,3H2,1-2H3. The molecule has 0 aliphatic carbocycles. The van der Waals surface area contributed by atoms with Crippen molar-refractivity contribution in [3.8, 4) is 0 Å². The normalized spacial score (nSPS) is 12.7. The summed E-state index contributed by atoms with van der Waals surface area (Å²) in [6, 6.07) is 18.2. The molecule has 0 saturated carbocycles. The molecule has 0 atom stereocenters. The molecular weight excluding hydrogens is 392 g/mol. The number of thiazole rings is 1. The molecule has 0 fully saturated rings. The van der Waals surface area contributed by atoms with Crippen molar-refractivity contribution in [1.29, 1.82) is 0 Å². The third kappa shape index (κ3) is 3.16. The van der Waals surface area contributed by atoms with E-state index in [1.54, 1.807) is 19.1 Å². The van der Waals surface area contributed by atoms with Gasteiger partial charge in [0.05, 0.1) is 20.9 Å². The van der Waals surface area contributed by atoms with E-state index in [1.807, 2.05) is 29.8 Å². The van der Waals surface area contributed by atoms with Gasteiger partial charge in [-0.25, -0.2) is 8.42 Å². The molecule has 0 saturated heterocycles. The third-order valence-corrected chi connectivity index (χ3v) is 7.63. The second-order valence-electron chi connectivity index (χ2n) is 6.43. The van der Waals surface area contributed by atoms with E-state index >= 15 is 0 Å². The smallest absolute Gasteiger partial charge is 0.279 e. The number of amides is 1. The minimum absolute atomic E-state index is 0.0138. The Morgan fingerprint density at radius 2 is 1.86 bits per heavy atom.